The first-order chi connectivity index (χ1) is 54.0. The summed E-state index contributed by atoms with van der Waals surface area (Å²) in [4.78, 5) is 72.2. The van der Waals surface area contributed by atoms with Crippen molar-refractivity contribution >= 4 is 95.4 Å². The molecule has 0 radical (unpaired) electrons. The van der Waals surface area contributed by atoms with Crippen molar-refractivity contribution in [1.82, 2.24) is 40.0 Å². The number of ether oxygens (including phenoxy) is 6. The fraction of sp³-hybridized carbons (Fsp3) is 0.659. The molecule has 1 unspecified atom stereocenters. The minimum atomic E-state index is -0.488. The van der Waals surface area contributed by atoms with Gasteiger partial charge in [-0.1, -0.05) is 123 Å². The Morgan fingerprint density at radius 3 is 1.25 bits per heavy atom. The lowest BCUT2D eigenvalue weighted by Gasteiger charge is -2.43. The van der Waals surface area contributed by atoms with Crippen LogP contribution in [0.5, 0.6) is 0 Å². The molecule has 10 aliphatic rings. The van der Waals surface area contributed by atoms with Gasteiger partial charge in [-0.3, -0.25) is 4.90 Å². The van der Waals surface area contributed by atoms with Crippen LogP contribution in [0.3, 0.4) is 0 Å². The molecule has 25 heteroatoms. The summed E-state index contributed by atoms with van der Waals surface area (Å²) in [7, 11) is 0. The maximum absolute atomic E-state index is 12.4. The predicted octanol–water partition coefficient (Wildman–Crippen LogP) is 19.0. The molecule has 7 atom stereocenters. The second kappa shape index (κ2) is 39.8. The van der Waals surface area contributed by atoms with E-state index in [0.29, 0.717) is 86.1 Å². The van der Waals surface area contributed by atoms with Crippen LogP contribution in [0, 0.1) is 0 Å². The molecule has 6 fully saturated rings. The third kappa shape index (κ3) is 23.7. The van der Waals surface area contributed by atoms with Gasteiger partial charge in [0, 0.05) is 142 Å². The molecule has 6 heterocycles. The van der Waals surface area contributed by atoms with E-state index in [1.54, 1.807) is 4.90 Å². The number of hydrogen-bond acceptors (Lipinski definition) is 15. The maximum atomic E-state index is 12.4. The smallest absolute Gasteiger partial charge is 0.410 e. The maximum Gasteiger partial charge on any atom is 0.410 e. The molecule has 20 nitrogen and oxygen atoms in total. The first-order valence-corrected chi connectivity index (χ1v) is 43.9. The largest absolute Gasteiger partial charge is 0.444 e. The van der Waals surface area contributed by atoms with Crippen molar-refractivity contribution in [2.75, 3.05) is 102 Å². The number of nitrogens with zero attached hydrogens (tertiary/aromatic N) is 6. The Morgan fingerprint density at radius 2 is 0.845 bits per heavy atom. The first kappa shape index (κ1) is 95.7. The van der Waals surface area contributed by atoms with Crippen LogP contribution < -0.4 is 10.6 Å². The second-order valence-electron chi connectivity index (χ2n) is 37.8. The summed E-state index contributed by atoms with van der Waals surface area (Å²) in [6.07, 6.45) is 11.0. The van der Waals surface area contributed by atoms with Crippen LogP contribution in [0.2, 0.25) is 0 Å². The third-order valence-corrected chi connectivity index (χ3v) is 23.8. The molecule has 4 aromatic rings. The highest BCUT2D eigenvalue weighted by atomic mass is 35.5. The number of alkyl halides is 4. The van der Waals surface area contributed by atoms with Gasteiger partial charge in [0.05, 0.1) is 24.3 Å². The summed E-state index contributed by atoms with van der Waals surface area (Å²) >= 11 is 21.8. The van der Waals surface area contributed by atoms with Crippen molar-refractivity contribution in [2.24, 2.45) is 0 Å². The van der Waals surface area contributed by atoms with E-state index in [2.05, 4.69) is 140 Å². The van der Waals surface area contributed by atoms with Crippen LogP contribution in [-0.2, 0) is 50.1 Å². The molecule has 14 rings (SSSR count). The van der Waals surface area contributed by atoms with Crippen LogP contribution in [0.15, 0.2) is 103 Å². The Kier molecular flexibility index (Phi) is 32.9. The number of aliphatic hydroxyl groups excluding tert-OH is 1. The first-order valence-electron chi connectivity index (χ1n) is 41.8. The number of hydrogen-bond donors (Lipinski definition) is 3. The summed E-state index contributed by atoms with van der Waals surface area (Å²) in [5.74, 6) is 2.10. The number of carbonyl (C=O) groups excluding carboxylic acids is 5. The summed E-state index contributed by atoms with van der Waals surface area (Å²) in [5.41, 5.74) is 8.92. The number of benzene rings is 4. The predicted molar refractivity (Wildman–Crippen MR) is 469 cm³/mol. The molecule has 3 N–H and O–H groups in total. The number of halogens is 5. The zero-order valence-corrected chi connectivity index (χ0v) is 76.4. The van der Waals surface area contributed by atoms with Crippen LogP contribution >= 0.6 is 58.8 Å². The zero-order valence-electron chi connectivity index (χ0n) is 72.5. The molecule has 116 heavy (non-hydrogen) atoms. The van der Waals surface area contributed by atoms with E-state index in [1.165, 1.54) is 49.4 Å². The fourth-order valence-electron chi connectivity index (χ4n) is 18.0. The minimum Gasteiger partial charge on any atom is -0.444 e. The van der Waals surface area contributed by atoms with Crippen molar-refractivity contribution in [2.45, 2.75) is 281 Å². The lowest BCUT2D eigenvalue weighted by atomic mass is 9.72. The highest BCUT2D eigenvalue weighted by Gasteiger charge is 2.68. The van der Waals surface area contributed by atoms with Crippen molar-refractivity contribution in [3.63, 3.8) is 0 Å². The van der Waals surface area contributed by atoms with Gasteiger partial charge in [0.2, 0.25) is 0 Å². The number of epoxide rings is 1. The summed E-state index contributed by atoms with van der Waals surface area (Å²) in [6, 6.07) is 36.5. The average molecular weight is 1710 g/mol. The van der Waals surface area contributed by atoms with Crippen molar-refractivity contribution < 1.29 is 57.5 Å². The Bertz CT molecular complexity index is 3920. The molecule has 4 spiro atoms. The van der Waals surface area contributed by atoms with Gasteiger partial charge in [0.1, 0.15) is 34.1 Å². The van der Waals surface area contributed by atoms with Gasteiger partial charge in [0.15, 0.2) is 0 Å². The summed E-state index contributed by atoms with van der Waals surface area (Å²) < 4.78 is 33.1. The number of nitrogens with one attached hydrogen (secondary N) is 2. The van der Waals surface area contributed by atoms with Crippen molar-refractivity contribution in [3.05, 3.63) is 148 Å². The van der Waals surface area contributed by atoms with Gasteiger partial charge >= 0.3 is 30.5 Å². The lowest BCUT2D eigenvalue weighted by molar-refractivity contribution is -0.00481. The molecule has 646 valence electrons. The van der Waals surface area contributed by atoms with E-state index in [1.807, 2.05) is 131 Å². The standard InChI is InChI=1S/C21H32N2O3.C21H30N2O2.C18H23NO3.C18H23NO2.C9H17Cl2NO2.C4H9Cl2N.ClH/c1-14(2)22-17-15-8-6-7-9-16(15)21(18(17)24)10-12-23(13-11-21)19(25)26-20(3,4)5;1-14(2)23-17-15-8-6-7-9-16(15)21(18(17)23)10-12-22(13-11-21)19(24)25-20(3,4)5;1-17(2,3)22-16(20)19-10-8-18(9-11-19)13-7-5-4-6-12(13)14-15(18)21-14;1-17(2,3)21-16(20)19-12-10-18(11-13-19)9-8-14-6-4-5-7-15(14)18;1-9(2,3)14-8(13)12(6-4-10)7-5-11;5-1-3-7-4-2-6;/h6-9,14,17-18,22,24H,10-13H2,1-5H3;6-9,14,17-18H,10-13H2,1-5H3;4-7,14-15H,8-11H2,1-3H3;4-9H,10-13H2,1-3H3;4-7H2,1-3H3;7H,1-4H2;1H/t17-,18+;17-,18-,23?;14-,15-;;;;/m110..../s1. The highest BCUT2D eigenvalue weighted by Crippen LogP contribution is 2.66. The summed E-state index contributed by atoms with van der Waals surface area (Å²) in [5, 5.41) is 17.8. The lowest BCUT2D eigenvalue weighted by Crippen LogP contribution is -2.51. The van der Waals surface area contributed by atoms with E-state index in [-0.39, 0.29) is 70.6 Å². The van der Waals surface area contributed by atoms with Crippen molar-refractivity contribution in [3.8, 4) is 0 Å². The van der Waals surface area contributed by atoms with Crippen LogP contribution in [0.25, 0.3) is 6.08 Å². The average Bonchev–Trinajstić information content (AvgIpc) is 1.51. The Balaban J connectivity index is 0.000000179. The molecular formula is C91H135Cl5N8O12. The second-order valence-corrected chi connectivity index (χ2v) is 39.3. The van der Waals surface area contributed by atoms with Gasteiger partial charge in [-0.25, -0.2) is 24.0 Å². The Labute approximate surface area is 719 Å². The molecule has 0 aromatic heterocycles. The Morgan fingerprint density at radius 1 is 0.483 bits per heavy atom. The number of fused-ring (bicyclic) bond motifs is 14. The molecule has 6 saturated heterocycles. The molecule has 5 amide bonds. The van der Waals surface area contributed by atoms with E-state index in [9.17, 15) is 29.1 Å². The number of piperidine rings is 4. The van der Waals surface area contributed by atoms with Crippen LogP contribution in [-0.4, -0.2) is 225 Å². The topological polar surface area (TPSA) is 208 Å². The number of amides is 5. The van der Waals surface area contributed by atoms with Gasteiger partial charge in [-0.2, -0.15) is 0 Å². The molecule has 4 aliphatic carbocycles. The SMILES string of the molecule is CC(C)(C)OC(=O)N(CCCl)CCCl.CC(C)(C)OC(=O)N1CCC2(C=Cc3ccccc32)CC1.CC(C)(C)OC(=O)N1CCC2(CC1)c1ccccc1[C@@H]1O[C@@H]12.CC(C)N1[C@@H]2c3ccccc3C3(CCN(C(=O)OC(C)(C)C)CC3)[C@@H]21.CC(C)N[C@@H]1c2ccccc2C2(CCN(C(=O)OC(C)(C)C)CC2)[C@H]1O.Cl.ClCCNCCCl. The number of carbonyl (C=O) groups is 5. The number of rotatable bonds is 11. The quantitative estimate of drug-likeness (QED) is 0.0552. The van der Waals surface area contributed by atoms with Gasteiger partial charge in [0.25, 0.3) is 0 Å². The molecular weight excluding hydrogens is 1570 g/mol. The van der Waals surface area contributed by atoms with E-state index < -0.39 is 34.1 Å². The monoisotopic (exact) mass is 1710 g/mol. The van der Waals surface area contributed by atoms with Gasteiger partial charge in [-0.15, -0.1) is 58.8 Å². The Hall–Kier alpha value is -5.78. The normalized spacial score (nSPS) is 22.8. The van der Waals surface area contributed by atoms with Crippen molar-refractivity contribution in [1.29, 1.82) is 0 Å². The number of aliphatic hydroxyl groups is 1. The third-order valence-electron chi connectivity index (χ3n) is 23.1. The number of likely N-dealkylation sites (tertiary alicyclic amines) is 4. The zero-order chi connectivity index (χ0) is 84.4. The fourth-order valence-corrected chi connectivity index (χ4v) is 18.7. The van der Waals surface area contributed by atoms with E-state index in [0.717, 1.165) is 104 Å². The summed E-state index contributed by atoms with van der Waals surface area (Å²) in [6.45, 7) is 45.6. The van der Waals surface area contributed by atoms with Gasteiger partial charge in [-0.05, 0) is 214 Å². The van der Waals surface area contributed by atoms with Crippen LogP contribution in [0.1, 0.15) is 246 Å². The van der Waals surface area contributed by atoms with Gasteiger partial charge < -0.3 is 68.7 Å². The minimum absolute atomic E-state index is 0. The number of allylic oxidation sites excluding steroid dienone is 1. The highest BCUT2D eigenvalue weighted by molar-refractivity contribution is 6.19. The van der Waals surface area contributed by atoms with E-state index >= 15 is 0 Å². The van der Waals surface area contributed by atoms with Crippen LogP contribution in [0.4, 0.5) is 24.0 Å². The molecule has 0 saturated carbocycles. The molecule has 0 bridgehead atoms. The molecule has 6 aliphatic heterocycles. The molecule has 4 aromatic carbocycles. The van der Waals surface area contributed by atoms with E-state index in [4.69, 9.17) is 74.8 Å².